The van der Waals surface area contributed by atoms with Crippen molar-refractivity contribution in [2.24, 2.45) is 5.73 Å². The van der Waals surface area contributed by atoms with Crippen molar-refractivity contribution in [2.75, 3.05) is 6.54 Å². The van der Waals surface area contributed by atoms with Crippen molar-refractivity contribution in [3.05, 3.63) is 51.5 Å². The second kappa shape index (κ2) is 6.48. The molecule has 0 bridgehead atoms. The molecule has 2 rings (SSSR count). The van der Waals surface area contributed by atoms with Gasteiger partial charge in [-0.25, -0.2) is 4.98 Å². The number of aryl methyl sites for hydroxylation is 1. The second-order valence-electron chi connectivity index (χ2n) is 5.40. The molecule has 2 aromatic rings. The molecule has 0 saturated heterocycles. The highest BCUT2D eigenvalue weighted by Crippen LogP contribution is 2.31. The summed E-state index contributed by atoms with van der Waals surface area (Å²) in [6, 6.07) is 8.36. The number of nitrogens with two attached hydrogens (primary N) is 1. The van der Waals surface area contributed by atoms with Gasteiger partial charge in [-0.05, 0) is 24.0 Å². The molecule has 1 aromatic heterocycles. The summed E-state index contributed by atoms with van der Waals surface area (Å²) in [4.78, 5) is 4.36. The van der Waals surface area contributed by atoms with Crippen LogP contribution in [-0.4, -0.2) is 16.6 Å². The summed E-state index contributed by atoms with van der Waals surface area (Å²) in [5.74, 6) is 0.393. The fourth-order valence-corrected chi connectivity index (χ4v) is 2.94. The quantitative estimate of drug-likeness (QED) is 0.887. The lowest BCUT2D eigenvalue weighted by Crippen LogP contribution is -2.20. The van der Waals surface area contributed by atoms with E-state index in [9.17, 15) is 5.11 Å². The number of aromatic nitrogens is 1. The van der Waals surface area contributed by atoms with Crippen LogP contribution in [0.3, 0.4) is 0 Å². The van der Waals surface area contributed by atoms with E-state index in [0.29, 0.717) is 12.5 Å². The number of benzene rings is 1. The molecule has 108 valence electrons. The third-order valence-corrected chi connectivity index (χ3v) is 4.40. The summed E-state index contributed by atoms with van der Waals surface area (Å²) in [5, 5.41) is 13.4. The largest absolute Gasteiger partial charge is 0.386 e. The predicted molar refractivity (Wildman–Crippen MR) is 84.1 cm³/mol. The third-order valence-electron chi connectivity index (χ3n) is 3.61. The molecular formula is C16H22N2OS. The lowest BCUT2D eigenvalue weighted by molar-refractivity contribution is 0.143. The van der Waals surface area contributed by atoms with E-state index in [1.807, 2.05) is 12.3 Å². The molecule has 3 nitrogen and oxygen atoms in total. The van der Waals surface area contributed by atoms with E-state index in [4.69, 9.17) is 5.73 Å². The average molecular weight is 290 g/mol. The Morgan fingerprint density at radius 1 is 1.20 bits per heavy atom. The van der Waals surface area contributed by atoms with Crippen LogP contribution in [0.1, 0.15) is 53.6 Å². The fraction of sp³-hybridized carbons (Fsp3) is 0.438. The first-order valence-electron chi connectivity index (χ1n) is 6.93. The van der Waals surface area contributed by atoms with E-state index < -0.39 is 6.10 Å². The molecular weight excluding hydrogens is 268 g/mol. The van der Waals surface area contributed by atoms with Gasteiger partial charge in [-0.1, -0.05) is 38.1 Å². The number of aliphatic hydroxyl groups excluding tert-OH is 1. The van der Waals surface area contributed by atoms with Crippen LogP contribution in [0.25, 0.3) is 0 Å². The molecule has 0 fully saturated rings. The Bertz CT molecular complexity index is 548. The summed E-state index contributed by atoms with van der Waals surface area (Å²) >= 11 is 1.55. The van der Waals surface area contributed by atoms with Gasteiger partial charge in [-0.15, -0.1) is 11.3 Å². The number of hydrogen-bond acceptors (Lipinski definition) is 4. The number of thiazole rings is 1. The van der Waals surface area contributed by atoms with Gasteiger partial charge in [-0.2, -0.15) is 0 Å². The van der Waals surface area contributed by atoms with Gasteiger partial charge in [0, 0.05) is 17.8 Å². The lowest BCUT2D eigenvalue weighted by Gasteiger charge is -2.21. The van der Waals surface area contributed by atoms with Crippen molar-refractivity contribution in [1.82, 2.24) is 4.98 Å². The number of rotatable bonds is 5. The van der Waals surface area contributed by atoms with Gasteiger partial charge in [0.1, 0.15) is 6.10 Å². The smallest absolute Gasteiger partial charge is 0.105 e. The molecule has 0 aliphatic carbocycles. The van der Waals surface area contributed by atoms with Crippen LogP contribution < -0.4 is 5.73 Å². The number of aliphatic hydroxyl groups is 1. The SMILES string of the molecule is Cc1nc(C(O)C(CN)c2ccc(C(C)C)cc2)cs1. The number of hydrogen-bond donors (Lipinski definition) is 2. The van der Waals surface area contributed by atoms with E-state index >= 15 is 0 Å². The fourth-order valence-electron chi connectivity index (χ4n) is 2.30. The van der Waals surface area contributed by atoms with Crippen LogP contribution in [0.4, 0.5) is 0 Å². The van der Waals surface area contributed by atoms with Gasteiger partial charge < -0.3 is 10.8 Å². The molecule has 0 saturated carbocycles. The van der Waals surface area contributed by atoms with Crippen molar-refractivity contribution in [3.63, 3.8) is 0 Å². The monoisotopic (exact) mass is 290 g/mol. The first kappa shape index (κ1) is 15.2. The van der Waals surface area contributed by atoms with Crippen molar-refractivity contribution in [1.29, 1.82) is 0 Å². The van der Waals surface area contributed by atoms with E-state index in [0.717, 1.165) is 16.3 Å². The summed E-state index contributed by atoms with van der Waals surface area (Å²) < 4.78 is 0. The zero-order valence-electron chi connectivity index (χ0n) is 12.2. The second-order valence-corrected chi connectivity index (χ2v) is 6.46. The molecule has 1 aromatic carbocycles. The highest BCUT2D eigenvalue weighted by atomic mass is 32.1. The zero-order valence-corrected chi connectivity index (χ0v) is 13.0. The molecule has 0 amide bonds. The van der Waals surface area contributed by atoms with E-state index in [2.05, 4.69) is 43.1 Å². The molecule has 4 heteroatoms. The minimum Gasteiger partial charge on any atom is -0.386 e. The van der Waals surface area contributed by atoms with Crippen molar-refractivity contribution >= 4 is 11.3 Å². The Morgan fingerprint density at radius 2 is 1.80 bits per heavy atom. The highest BCUT2D eigenvalue weighted by Gasteiger charge is 2.23. The molecule has 0 spiro atoms. The Labute approximate surface area is 124 Å². The summed E-state index contributed by atoms with van der Waals surface area (Å²) in [5.41, 5.74) is 8.94. The maximum absolute atomic E-state index is 10.5. The van der Waals surface area contributed by atoms with Crippen LogP contribution in [0, 0.1) is 6.92 Å². The Hall–Kier alpha value is -1.23. The van der Waals surface area contributed by atoms with Crippen LogP contribution >= 0.6 is 11.3 Å². The van der Waals surface area contributed by atoms with Crippen molar-refractivity contribution in [2.45, 2.75) is 38.7 Å². The van der Waals surface area contributed by atoms with Crippen LogP contribution in [0.15, 0.2) is 29.6 Å². The normalized spacial score (nSPS) is 14.5. The number of nitrogens with zero attached hydrogens (tertiary/aromatic N) is 1. The average Bonchev–Trinajstić information content (AvgIpc) is 2.86. The first-order valence-corrected chi connectivity index (χ1v) is 7.81. The molecule has 0 aliphatic heterocycles. The predicted octanol–water partition coefficient (Wildman–Crippen LogP) is 3.35. The maximum Gasteiger partial charge on any atom is 0.105 e. The summed E-state index contributed by atoms with van der Waals surface area (Å²) in [6.45, 7) is 6.68. The third kappa shape index (κ3) is 3.26. The van der Waals surface area contributed by atoms with Crippen LogP contribution in [-0.2, 0) is 0 Å². The van der Waals surface area contributed by atoms with Gasteiger partial charge in [0.2, 0.25) is 0 Å². The van der Waals surface area contributed by atoms with Gasteiger partial charge in [0.25, 0.3) is 0 Å². The molecule has 0 radical (unpaired) electrons. The van der Waals surface area contributed by atoms with Crippen molar-refractivity contribution < 1.29 is 5.11 Å². The zero-order chi connectivity index (χ0) is 14.7. The van der Waals surface area contributed by atoms with Crippen LogP contribution in [0.5, 0.6) is 0 Å². The summed E-state index contributed by atoms with van der Waals surface area (Å²) in [6.07, 6.45) is -0.644. The lowest BCUT2D eigenvalue weighted by atomic mass is 9.90. The van der Waals surface area contributed by atoms with Gasteiger partial charge >= 0.3 is 0 Å². The maximum atomic E-state index is 10.5. The van der Waals surface area contributed by atoms with E-state index in [1.165, 1.54) is 5.56 Å². The molecule has 2 atom stereocenters. The molecule has 0 aliphatic rings. The minimum atomic E-state index is -0.644. The molecule has 1 heterocycles. The topological polar surface area (TPSA) is 59.1 Å². The molecule has 20 heavy (non-hydrogen) atoms. The highest BCUT2D eigenvalue weighted by molar-refractivity contribution is 7.09. The van der Waals surface area contributed by atoms with Gasteiger partial charge in [-0.3, -0.25) is 0 Å². The van der Waals surface area contributed by atoms with E-state index in [1.54, 1.807) is 11.3 Å². The standard InChI is InChI=1S/C16H22N2OS/c1-10(2)12-4-6-13(7-5-12)14(8-17)16(19)15-9-20-11(3)18-15/h4-7,9-10,14,16,19H,8,17H2,1-3H3. The Morgan fingerprint density at radius 3 is 2.25 bits per heavy atom. The molecule has 2 unspecified atom stereocenters. The first-order chi connectivity index (χ1) is 9.52. The molecule has 3 N–H and O–H groups in total. The van der Waals surface area contributed by atoms with Gasteiger partial charge in [0.15, 0.2) is 0 Å². The Balaban J connectivity index is 2.23. The minimum absolute atomic E-state index is 0.113. The van der Waals surface area contributed by atoms with Crippen LogP contribution in [0.2, 0.25) is 0 Å². The Kier molecular flexibility index (Phi) is 4.91. The summed E-state index contributed by atoms with van der Waals surface area (Å²) in [7, 11) is 0. The van der Waals surface area contributed by atoms with Crippen molar-refractivity contribution in [3.8, 4) is 0 Å². The van der Waals surface area contributed by atoms with Gasteiger partial charge in [0.05, 0.1) is 10.7 Å². The van der Waals surface area contributed by atoms with E-state index in [-0.39, 0.29) is 5.92 Å².